The molecule has 2 nitrogen and oxygen atoms in total. The van der Waals surface area contributed by atoms with Crippen LogP contribution in [0.4, 0.5) is 0 Å². The van der Waals surface area contributed by atoms with Crippen LogP contribution in [0.1, 0.15) is 38.9 Å². The molecule has 0 aliphatic heterocycles. The fraction of sp³-hybridized carbons (Fsp3) is 0.500. The molecule has 1 atom stereocenters. The Morgan fingerprint density at radius 1 is 1.44 bits per heavy atom. The molecular formula is C14H18N2. The summed E-state index contributed by atoms with van der Waals surface area (Å²) >= 11 is 0. The highest BCUT2D eigenvalue weighted by Crippen LogP contribution is 1.99. The molecular weight excluding hydrogens is 196 g/mol. The van der Waals surface area contributed by atoms with E-state index < -0.39 is 0 Å². The van der Waals surface area contributed by atoms with Crippen molar-refractivity contribution in [2.75, 3.05) is 0 Å². The van der Waals surface area contributed by atoms with Gasteiger partial charge in [0.15, 0.2) is 0 Å². The van der Waals surface area contributed by atoms with E-state index in [9.17, 15) is 0 Å². The zero-order chi connectivity index (χ0) is 11.4. The van der Waals surface area contributed by atoms with E-state index in [1.165, 1.54) is 19.3 Å². The van der Waals surface area contributed by atoms with Crippen LogP contribution in [0.3, 0.4) is 0 Å². The molecule has 0 amide bonds. The number of nitrogens with zero attached hydrogens (tertiary/aromatic N) is 1. The molecule has 84 valence electrons. The SMILES string of the molecule is CCCCCc1nc2c([nH]1)=CC(C)C#CC=2. The molecule has 0 bridgehead atoms. The van der Waals surface area contributed by atoms with Gasteiger partial charge in [0.2, 0.25) is 0 Å². The first-order valence-corrected chi connectivity index (χ1v) is 6.07. The normalized spacial score (nSPS) is 17.5. The summed E-state index contributed by atoms with van der Waals surface area (Å²) in [5, 5.41) is 2.12. The number of hydrogen-bond acceptors (Lipinski definition) is 1. The van der Waals surface area contributed by atoms with Gasteiger partial charge in [0.25, 0.3) is 0 Å². The van der Waals surface area contributed by atoms with Crippen molar-refractivity contribution >= 4 is 12.2 Å². The van der Waals surface area contributed by atoms with Gasteiger partial charge in [-0.1, -0.05) is 31.6 Å². The van der Waals surface area contributed by atoms with Gasteiger partial charge in [0, 0.05) is 18.4 Å². The molecule has 2 rings (SSSR count). The fourth-order valence-electron chi connectivity index (χ4n) is 1.88. The number of aromatic amines is 1. The lowest BCUT2D eigenvalue weighted by Crippen LogP contribution is -2.24. The van der Waals surface area contributed by atoms with Gasteiger partial charge in [-0.15, -0.1) is 0 Å². The lowest BCUT2D eigenvalue weighted by molar-refractivity contribution is 0.698. The first-order valence-electron chi connectivity index (χ1n) is 6.07. The summed E-state index contributed by atoms with van der Waals surface area (Å²) in [6.07, 6.45) is 8.85. The summed E-state index contributed by atoms with van der Waals surface area (Å²) in [4.78, 5) is 7.96. The second-order valence-electron chi connectivity index (χ2n) is 4.33. The second-order valence-corrected chi connectivity index (χ2v) is 4.33. The van der Waals surface area contributed by atoms with Crippen LogP contribution in [0.2, 0.25) is 0 Å². The average molecular weight is 214 g/mol. The van der Waals surface area contributed by atoms with Gasteiger partial charge in [-0.25, -0.2) is 4.98 Å². The van der Waals surface area contributed by atoms with Gasteiger partial charge < -0.3 is 4.98 Å². The molecule has 0 saturated heterocycles. The van der Waals surface area contributed by atoms with Crippen molar-refractivity contribution < 1.29 is 0 Å². The maximum absolute atomic E-state index is 4.57. The zero-order valence-corrected chi connectivity index (χ0v) is 10.0. The molecule has 16 heavy (non-hydrogen) atoms. The predicted octanol–water partition coefficient (Wildman–Crippen LogP) is 1.36. The van der Waals surface area contributed by atoms with Crippen LogP contribution in [-0.4, -0.2) is 9.97 Å². The van der Waals surface area contributed by atoms with Gasteiger partial charge in [0.1, 0.15) is 5.82 Å². The molecule has 0 aromatic carbocycles. The van der Waals surface area contributed by atoms with Crippen LogP contribution in [0, 0.1) is 17.8 Å². The van der Waals surface area contributed by atoms with E-state index in [4.69, 9.17) is 0 Å². The Labute approximate surface area is 96.5 Å². The van der Waals surface area contributed by atoms with Crippen molar-refractivity contribution in [2.24, 2.45) is 5.92 Å². The highest BCUT2D eigenvalue weighted by molar-refractivity contribution is 5.49. The minimum atomic E-state index is 0.307. The largest absolute Gasteiger partial charge is 0.342 e. The van der Waals surface area contributed by atoms with Crippen LogP contribution in [0.15, 0.2) is 0 Å². The minimum absolute atomic E-state index is 0.307. The van der Waals surface area contributed by atoms with E-state index >= 15 is 0 Å². The van der Waals surface area contributed by atoms with E-state index in [2.05, 4.69) is 41.7 Å². The van der Waals surface area contributed by atoms with Crippen molar-refractivity contribution in [3.63, 3.8) is 0 Å². The van der Waals surface area contributed by atoms with Crippen molar-refractivity contribution in [3.05, 3.63) is 16.5 Å². The topological polar surface area (TPSA) is 28.7 Å². The van der Waals surface area contributed by atoms with E-state index in [0.29, 0.717) is 5.92 Å². The number of aryl methyl sites for hydroxylation is 1. The maximum Gasteiger partial charge on any atom is 0.107 e. The molecule has 0 spiro atoms. The van der Waals surface area contributed by atoms with Crippen LogP contribution in [0.25, 0.3) is 12.2 Å². The van der Waals surface area contributed by atoms with Gasteiger partial charge in [-0.2, -0.15) is 0 Å². The Bertz CT molecular complexity index is 525. The Hall–Kier alpha value is -1.49. The third-order valence-electron chi connectivity index (χ3n) is 2.76. The maximum atomic E-state index is 4.57. The molecule has 0 radical (unpaired) electrons. The standard InChI is InChI=1S/C14H18N2/c1-3-4-5-9-14-15-12-8-6-7-11(2)10-13(12)16-14/h8,10-11H,3-5,9H2,1-2H3,(H,15,16). The lowest BCUT2D eigenvalue weighted by atomic mass is 10.2. The Kier molecular flexibility index (Phi) is 3.46. The summed E-state index contributed by atoms with van der Waals surface area (Å²) in [5.74, 6) is 7.58. The van der Waals surface area contributed by atoms with E-state index in [0.717, 1.165) is 22.9 Å². The van der Waals surface area contributed by atoms with Crippen molar-refractivity contribution in [2.45, 2.75) is 39.5 Å². The molecule has 2 heteroatoms. The quantitative estimate of drug-likeness (QED) is 0.595. The van der Waals surface area contributed by atoms with Crippen LogP contribution >= 0.6 is 0 Å². The molecule has 1 unspecified atom stereocenters. The predicted molar refractivity (Wildman–Crippen MR) is 66.9 cm³/mol. The number of unbranched alkanes of at least 4 members (excludes halogenated alkanes) is 2. The van der Waals surface area contributed by atoms with E-state index in [1.54, 1.807) is 0 Å². The Balaban J connectivity index is 2.22. The third kappa shape index (κ3) is 2.55. The molecule has 1 aromatic heterocycles. The summed E-state index contributed by atoms with van der Waals surface area (Å²) < 4.78 is 0. The molecule has 1 heterocycles. The van der Waals surface area contributed by atoms with Crippen molar-refractivity contribution in [1.29, 1.82) is 0 Å². The van der Waals surface area contributed by atoms with Gasteiger partial charge in [-0.3, -0.25) is 0 Å². The smallest absolute Gasteiger partial charge is 0.107 e. The van der Waals surface area contributed by atoms with Gasteiger partial charge >= 0.3 is 0 Å². The fourth-order valence-corrected chi connectivity index (χ4v) is 1.88. The average Bonchev–Trinajstić information content (AvgIpc) is 2.53. The molecule has 0 fully saturated rings. The number of imidazole rings is 1. The number of hydrogen-bond donors (Lipinski definition) is 1. The first kappa shape index (κ1) is 11.0. The molecule has 1 aliphatic carbocycles. The molecule has 0 saturated carbocycles. The monoisotopic (exact) mass is 214 g/mol. The number of nitrogens with one attached hydrogen (secondary N) is 1. The van der Waals surface area contributed by atoms with Gasteiger partial charge in [-0.05, 0) is 19.4 Å². The summed E-state index contributed by atoms with van der Waals surface area (Å²) in [7, 11) is 0. The Morgan fingerprint density at radius 3 is 3.12 bits per heavy atom. The Morgan fingerprint density at radius 2 is 2.31 bits per heavy atom. The van der Waals surface area contributed by atoms with Crippen molar-refractivity contribution in [3.8, 4) is 11.8 Å². The third-order valence-corrected chi connectivity index (χ3v) is 2.76. The second kappa shape index (κ2) is 5.03. The zero-order valence-electron chi connectivity index (χ0n) is 10.0. The van der Waals surface area contributed by atoms with Crippen molar-refractivity contribution in [1.82, 2.24) is 9.97 Å². The van der Waals surface area contributed by atoms with E-state index in [1.807, 2.05) is 6.08 Å². The number of H-pyrrole nitrogens is 1. The van der Waals surface area contributed by atoms with Crippen LogP contribution in [0.5, 0.6) is 0 Å². The van der Waals surface area contributed by atoms with Crippen LogP contribution < -0.4 is 10.7 Å². The lowest BCUT2D eigenvalue weighted by Gasteiger charge is -1.94. The summed E-state index contributed by atoms with van der Waals surface area (Å²) in [6.45, 7) is 4.32. The molecule has 1 aromatic rings. The number of fused-ring (bicyclic) bond motifs is 1. The minimum Gasteiger partial charge on any atom is -0.342 e. The summed E-state index contributed by atoms with van der Waals surface area (Å²) in [5.41, 5.74) is 0. The first-order chi connectivity index (χ1) is 7.79. The summed E-state index contributed by atoms with van der Waals surface area (Å²) in [6, 6.07) is 0. The highest BCUT2D eigenvalue weighted by atomic mass is 14.9. The van der Waals surface area contributed by atoms with Crippen LogP contribution in [-0.2, 0) is 6.42 Å². The van der Waals surface area contributed by atoms with Gasteiger partial charge in [0.05, 0.1) is 10.7 Å². The molecule has 1 N–H and O–H groups in total. The number of aromatic nitrogens is 2. The molecule has 1 aliphatic rings. The highest BCUT2D eigenvalue weighted by Gasteiger charge is 2.01. The number of rotatable bonds is 4. The van der Waals surface area contributed by atoms with E-state index in [-0.39, 0.29) is 0 Å².